The van der Waals surface area contributed by atoms with E-state index in [0.717, 1.165) is 47.1 Å². The number of anilines is 1. The van der Waals surface area contributed by atoms with Crippen LogP contribution in [0.5, 0.6) is 5.75 Å². The number of aromatic nitrogens is 1. The Hall–Kier alpha value is -2.75. The minimum Gasteiger partial charge on any atom is -0.495 e. The van der Waals surface area contributed by atoms with Gasteiger partial charge in [-0.1, -0.05) is 37.6 Å². The van der Waals surface area contributed by atoms with E-state index in [-0.39, 0.29) is 5.91 Å². The van der Waals surface area contributed by atoms with Gasteiger partial charge in [-0.15, -0.1) is 0 Å². The van der Waals surface area contributed by atoms with E-state index in [4.69, 9.17) is 4.74 Å². The number of nitrogens with one attached hydrogen (secondary N) is 1. The number of ether oxygens (including phenoxy) is 1. The Bertz CT molecular complexity index is 941. The molecule has 0 aliphatic carbocycles. The van der Waals surface area contributed by atoms with E-state index in [9.17, 15) is 4.79 Å². The van der Waals surface area contributed by atoms with E-state index in [1.54, 1.807) is 7.11 Å². The lowest BCUT2D eigenvalue weighted by molar-refractivity contribution is 0.101. The average Bonchev–Trinajstić information content (AvgIpc) is 2.92. The number of para-hydroxylation sites is 1. The molecular weight excluding hydrogens is 324 g/mol. The van der Waals surface area contributed by atoms with Crippen LogP contribution in [0.25, 0.3) is 10.9 Å². The summed E-state index contributed by atoms with van der Waals surface area (Å²) in [6, 6.07) is 14.0. The standard InChI is InChI=1S/C22H26N2O2/c1-5-6-13-24-19-10-8-7-9-17(19)16(3)21(24)22(25)23-18-14-15(2)11-12-20(18)26-4/h7-12,14H,5-6,13H2,1-4H3,(H,23,25). The molecule has 1 aromatic heterocycles. The van der Waals surface area contributed by atoms with Crippen LogP contribution in [-0.4, -0.2) is 17.6 Å². The zero-order chi connectivity index (χ0) is 18.7. The number of aryl methyl sites for hydroxylation is 3. The molecule has 0 aliphatic heterocycles. The lowest BCUT2D eigenvalue weighted by atomic mass is 10.1. The van der Waals surface area contributed by atoms with E-state index >= 15 is 0 Å². The van der Waals surface area contributed by atoms with Gasteiger partial charge in [-0.25, -0.2) is 0 Å². The Morgan fingerprint density at radius 1 is 1.15 bits per heavy atom. The summed E-state index contributed by atoms with van der Waals surface area (Å²) in [6.45, 7) is 7.01. The van der Waals surface area contributed by atoms with Crippen molar-refractivity contribution in [2.75, 3.05) is 12.4 Å². The highest BCUT2D eigenvalue weighted by atomic mass is 16.5. The van der Waals surface area contributed by atoms with Crippen molar-refractivity contribution in [1.29, 1.82) is 0 Å². The van der Waals surface area contributed by atoms with Gasteiger partial charge in [-0.3, -0.25) is 4.79 Å². The zero-order valence-corrected chi connectivity index (χ0v) is 15.9. The molecule has 2 aromatic carbocycles. The van der Waals surface area contributed by atoms with Gasteiger partial charge in [-0.2, -0.15) is 0 Å². The molecule has 1 heterocycles. The second kappa shape index (κ2) is 7.65. The zero-order valence-electron chi connectivity index (χ0n) is 15.9. The summed E-state index contributed by atoms with van der Waals surface area (Å²) in [6.07, 6.45) is 2.12. The molecule has 0 saturated carbocycles. The first kappa shape index (κ1) is 18.1. The average molecular weight is 350 g/mol. The number of carbonyl (C=O) groups is 1. The molecule has 4 nitrogen and oxygen atoms in total. The third-order valence-electron chi connectivity index (χ3n) is 4.78. The Kier molecular flexibility index (Phi) is 5.31. The molecule has 0 aliphatic rings. The molecule has 0 saturated heterocycles. The lowest BCUT2D eigenvalue weighted by Gasteiger charge is -2.14. The van der Waals surface area contributed by atoms with Gasteiger partial charge >= 0.3 is 0 Å². The van der Waals surface area contributed by atoms with Crippen LogP contribution in [0, 0.1) is 13.8 Å². The molecule has 0 bridgehead atoms. The molecule has 3 rings (SSSR count). The maximum Gasteiger partial charge on any atom is 0.272 e. The second-order valence-electron chi connectivity index (χ2n) is 6.65. The van der Waals surface area contributed by atoms with Crippen molar-refractivity contribution < 1.29 is 9.53 Å². The summed E-state index contributed by atoms with van der Waals surface area (Å²) in [5.41, 5.74) is 4.62. The van der Waals surface area contributed by atoms with Gasteiger partial charge in [-0.05, 0) is 49.6 Å². The fourth-order valence-corrected chi connectivity index (χ4v) is 3.42. The van der Waals surface area contributed by atoms with Crippen LogP contribution in [0.4, 0.5) is 5.69 Å². The number of fused-ring (bicyclic) bond motifs is 1. The van der Waals surface area contributed by atoms with E-state index in [1.165, 1.54) is 0 Å². The van der Waals surface area contributed by atoms with Crippen molar-refractivity contribution >= 4 is 22.5 Å². The maximum absolute atomic E-state index is 13.2. The highest BCUT2D eigenvalue weighted by Gasteiger charge is 2.21. The van der Waals surface area contributed by atoms with Crippen LogP contribution in [0.2, 0.25) is 0 Å². The Morgan fingerprint density at radius 2 is 1.92 bits per heavy atom. The van der Waals surface area contributed by atoms with Crippen LogP contribution < -0.4 is 10.1 Å². The van der Waals surface area contributed by atoms with E-state index in [1.807, 2.05) is 44.2 Å². The third-order valence-corrected chi connectivity index (χ3v) is 4.78. The molecule has 1 amide bonds. The van der Waals surface area contributed by atoms with Gasteiger partial charge in [0.25, 0.3) is 5.91 Å². The first-order valence-electron chi connectivity index (χ1n) is 9.10. The van der Waals surface area contributed by atoms with E-state index < -0.39 is 0 Å². The highest BCUT2D eigenvalue weighted by Crippen LogP contribution is 2.29. The summed E-state index contributed by atoms with van der Waals surface area (Å²) in [7, 11) is 1.61. The summed E-state index contributed by atoms with van der Waals surface area (Å²) < 4.78 is 7.54. The highest BCUT2D eigenvalue weighted by molar-refractivity contribution is 6.09. The van der Waals surface area contributed by atoms with Crippen molar-refractivity contribution in [2.45, 2.75) is 40.2 Å². The molecule has 26 heavy (non-hydrogen) atoms. The number of hydrogen-bond donors (Lipinski definition) is 1. The van der Waals surface area contributed by atoms with Gasteiger partial charge in [0.1, 0.15) is 11.4 Å². The fourth-order valence-electron chi connectivity index (χ4n) is 3.42. The topological polar surface area (TPSA) is 43.3 Å². The molecule has 0 unspecified atom stereocenters. The minimum atomic E-state index is -0.0984. The van der Waals surface area contributed by atoms with Gasteiger partial charge < -0.3 is 14.6 Å². The van der Waals surface area contributed by atoms with Crippen LogP contribution in [0.15, 0.2) is 42.5 Å². The Morgan fingerprint density at radius 3 is 2.65 bits per heavy atom. The summed E-state index contributed by atoms with van der Waals surface area (Å²) in [5.74, 6) is 0.566. The smallest absolute Gasteiger partial charge is 0.272 e. The van der Waals surface area contributed by atoms with Crippen LogP contribution >= 0.6 is 0 Å². The van der Waals surface area contributed by atoms with Crippen LogP contribution in [-0.2, 0) is 6.54 Å². The first-order valence-corrected chi connectivity index (χ1v) is 9.10. The molecule has 0 radical (unpaired) electrons. The number of benzene rings is 2. The molecular formula is C22H26N2O2. The minimum absolute atomic E-state index is 0.0984. The van der Waals surface area contributed by atoms with Gasteiger partial charge in [0.05, 0.1) is 12.8 Å². The van der Waals surface area contributed by atoms with E-state index in [2.05, 4.69) is 28.9 Å². The van der Waals surface area contributed by atoms with Crippen molar-refractivity contribution in [1.82, 2.24) is 4.57 Å². The predicted octanol–water partition coefficient (Wildman–Crippen LogP) is 5.32. The molecule has 0 atom stereocenters. The maximum atomic E-state index is 13.2. The lowest BCUT2D eigenvalue weighted by Crippen LogP contribution is -2.19. The number of methoxy groups -OCH3 is 1. The molecule has 1 N–H and O–H groups in total. The van der Waals surface area contributed by atoms with Crippen molar-refractivity contribution in [2.24, 2.45) is 0 Å². The number of hydrogen-bond acceptors (Lipinski definition) is 2. The molecule has 0 fully saturated rings. The number of amides is 1. The van der Waals surface area contributed by atoms with Crippen molar-refractivity contribution in [3.63, 3.8) is 0 Å². The summed E-state index contributed by atoms with van der Waals surface area (Å²) in [5, 5.41) is 4.18. The van der Waals surface area contributed by atoms with E-state index in [0.29, 0.717) is 11.4 Å². The van der Waals surface area contributed by atoms with Gasteiger partial charge in [0, 0.05) is 17.4 Å². The largest absolute Gasteiger partial charge is 0.495 e. The predicted molar refractivity (Wildman–Crippen MR) is 107 cm³/mol. The normalized spacial score (nSPS) is 10.9. The fraction of sp³-hybridized carbons (Fsp3) is 0.318. The first-order chi connectivity index (χ1) is 12.6. The third kappa shape index (κ3) is 3.32. The monoisotopic (exact) mass is 350 g/mol. The van der Waals surface area contributed by atoms with Gasteiger partial charge in [0.15, 0.2) is 0 Å². The molecule has 3 aromatic rings. The molecule has 136 valence electrons. The number of carbonyl (C=O) groups excluding carboxylic acids is 1. The quantitative estimate of drug-likeness (QED) is 0.654. The number of rotatable bonds is 6. The van der Waals surface area contributed by atoms with Crippen LogP contribution in [0.1, 0.15) is 41.4 Å². The summed E-state index contributed by atoms with van der Waals surface area (Å²) in [4.78, 5) is 13.2. The number of unbranched alkanes of at least 4 members (excludes halogenated alkanes) is 1. The van der Waals surface area contributed by atoms with Crippen LogP contribution in [0.3, 0.4) is 0 Å². The SMILES string of the molecule is CCCCn1c(C(=O)Nc2cc(C)ccc2OC)c(C)c2ccccc21. The summed E-state index contributed by atoms with van der Waals surface area (Å²) >= 11 is 0. The van der Waals surface area contributed by atoms with Crippen molar-refractivity contribution in [3.8, 4) is 5.75 Å². The Labute approximate surface area is 154 Å². The Balaban J connectivity index is 2.05. The second-order valence-corrected chi connectivity index (χ2v) is 6.65. The van der Waals surface area contributed by atoms with Crippen molar-refractivity contribution in [3.05, 3.63) is 59.3 Å². The molecule has 0 spiro atoms. The number of nitrogens with zero attached hydrogens (tertiary/aromatic N) is 1. The molecule has 4 heteroatoms. The van der Waals surface area contributed by atoms with Gasteiger partial charge in [0.2, 0.25) is 0 Å².